The molecule has 0 saturated heterocycles. The van der Waals surface area contributed by atoms with Crippen LogP contribution in [0.25, 0.3) is 10.6 Å². The highest BCUT2D eigenvalue weighted by molar-refractivity contribution is 7.13. The second-order valence-corrected chi connectivity index (χ2v) is 6.66. The lowest BCUT2D eigenvalue weighted by Gasteiger charge is -2.07. The van der Waals surface area contributed by atoms with E-state index in [2.05, 4.69) is 36.2 Å². The zero-order valence-corrected chi connectivity index (χ0v) is 15.1. The molecule has 0 bridgehead atoms. The highest BCUT2D eigenvalue weighted by atomic mass is 32.1. The number of hydrogen-bond acceptors (Lipinski definition) is 5. The Bertz CT molecular complexity index is 885. The van der Waals surface area contributed by atoms with Crippen molar-refractivity contribution in [3.63, 3.8) is 0 Å². The van der Waals surface area contributed by atoms with Crippen LogP contribution in [0, 0.1) is 6.92 Å². The highest BCUT2D eigenvalue weighted by Gasteiger charge is 2.13. The van der Waals surface area contributed by atoms with Gasteiger partial charge in [0, 0.05) is 16.6 Å². The van der Waals surface area contributed by atoms with Gasteiger partial charge in [-0.1, -0.05) is 43.3 Å². The van der Waals surface area contributed by atoms with Crippen LogP contribution in [-0.4, -0.2) is 11.0 Å². The van der Waals surface area contributed by atoms with E-state index < -0.39 is 5.97 Å². The number of aromatic nitrogens is 1. The largest absolute Gasteiger partial charge is 0.455 e. The summed E-state index contributed by atoms with van der Waals surface area (Å²) >= 11 is 1.54. The molecule has 2 aromatic carbocycles. The molecule has 2 N–H and O–H groups in total. The number of anilines is 1. The van der Waals surface area contributed by atoms with Crippen molar-refractivity contribution in [3.05, 3.63) is 70.2 Å². The molecule has 128 valence electrons. The molecule has 0 aliphatic rings. The van der Waals surface area contributed by atoms with Gasteiger partial charge in [0.25, 0.3) is 0 Å². The van der Waals surface area contributed by atoms with Crippen LogP contribution in [0.1, 0.15) is 34.1 Å². The summed E-state index contributed by atoms with van der Waals surface area (Å²) in [5.74, 6) is -0.428. The lowest BCUT2D eigenvalue weighted by atomic mass is 10.1. The maximum absolute atomic E-state index is 12.2. The average Bonchev–Trinajstić information content (AvgIpc) is 3.11. The van der Waals surface area contributed by atoms with E-state index in [1.807, 2.05) is 18.4 Å². The maximum Gasteiger partial charge on any atom is 0.340 e. The van der Waals surface area contributed by atoms with Gasteiger partial charge < -0.3 is 10.5 Å². The number of rotatable bonds is 5. The smallest absolute Gasteiger partial charge is 0.340 e. The van der Waals surface area contributed by atoms with E-state index in [0.29, 0.717) is 11.3 Å². The lowest BCUT2D eigenvalue weighted by Crippen LogP contribution is -2.09. The van der Waals surface area contributed by atoms with E-state index in [1.165, 1.54) is 5.56 Å². The minimum Gasteiger partial charge on any atom is -0.455 e. The van der Waals surface area contributed by atoms with Crippen molar-refractivity contribution in [3.8, 4) is 10.6 Å². The summed E-state index contributed by atoms with van der Waals surface area (Å²) in [4.78, 5) is 16.8. The van der Waals surface area contributed by atoms with Crippen LogP contribution in [0.4, 0.5) is 5.69 Å². The van der Waals surface area contributed by atoms with Gasteiger partial charge >= 0.3 is 5.97 Å². The minimum absolute atomic E-state index is 0.135. The number of esters is 1. The first kappa shape index (κ1) is 17.2. The molecular formula is C20H20N2O2S. The van der Waals surface area contributed by atoms with Crippen LogP contribution in [0.3, 0.4) is 0 Å². The molecular weight excluding hydrogens is 332 g/mol. The number of carbonyl (C=O) groups excluding carboxylic acids is 1. The van der Waals surface area contributed by atoms with Gasteiger partial charge in [0.1, 0.15) is 11.6 Å². The predicted octanol–water partition coefficient (Wildman–Crippen LogP) is 4.62. The van der Waals surface area contributed by atoms with Crippen LogP contribution in [0.2, 0.25) is 0 Å². The van der Waals surface area contributed by atoms with Gasteiger partial charge in [-0.3, -0.25) is 0 Å². The monoisotopic (exact) mass is 352 g/mol. The predicted molar refractivity (Wildman–Crippen MR) is 102 cm³/mol. The van der Waals surface area contributed by atoms with Crippen LogP contribution in [0.15, 0.2) is 47.8 Å². The van der Waals surface area contributed by atoms with E-state index in [1.54, 1.807) is 23.5 Å². The Morgan fingerprint density at radius 1 is 1.20 bits per heavy atom. The second kappa shape index (κ2) is 7.49. The number of benzene rings is 2. The number of aryl methyl sites for hydroxylation is 2. The SMILES string of the molecule is CCc1ccc(-c2nc(COC(=O)c3cccc(C)c3N)cs2)cc1. The zero-order chi connectivity index (χ0) is 17.8. The van der Waals surface area contributed by atoms with Crippen molar-refractivity contribution in [2.24, 2.45) is 0 Å². The van der Waals surface area contributed by atoms with Crippen LogP contribution < -0.4 is 5.73 Å². The third kappa shape index (κ3) is 3.88. The van der Waals surface area contributed by atoms with E-state index in [-0.39, 0.29) is 6.61 Å². The Morgan fingerprint density at radius 2 is 1.96 bits per heavy atom. The molecule has 3 aromatic rings. The van der Waals surface area contributed by atoms with Crippen molar-refractivity contribution in [2.75, 3.05) is 5.73 Å². The molecule has 0 saturated carbocycles. The normalized spacial score (nSPS) is 10.6. The Labute approximate surface area is 151 Å². The minimum atomic E-state index is -0.428. The molecule has 1 aromatic heterocycles. The summed E-state index contributed by atoms with van der Waals surface area (Å²) in [5.41, 5.74) is 10.8. The Kier molecular flexibility index (Phi) is 5.14. The standard InChI is InChI=1S/C20H20N2O2S/c1-3-14-7-9-15(10-8-14)19-22-16(12-25-19)11-24-20(23)17-6-4-5-13(2)18(17)21/h4-10,12H,3,11,21H2,1-2H3. The zero-order valence-electron chi connectivity index (χ0n) is 14.3. The summed E-state index contributed by atoms with van der Waals surface area (Å²) in [5, 5.41) is 2.83. The van der Waals surface area contributed by atoms with Crippen molar-refractivity contribution in [1.82, 2.24) is 4.98 Å². The molecule has 0 radical (unpaired) electrons. The molecule has 5 heteroatoms. The first-order valence-electron chi connectivity index (χ1n) is 8.14. The van der Waals surface area contributed by atoms with Crippen LogP contribution in [0.5, 0.6) is 0 Å². The fourth-order valence-corrected chi connectivity index (χ4v) is 3.28. The van der Waals surface area contributed by atoms with Gasteiger partial charge in [-0.25, -0.2) is 9.78 Å². The van der Waals surface area contributed by atoms with Crippen LogP contribution >= 0.6 is 11.3 Å². The summed E-state index contributed by atoms with van der Waals surface area (Å²) in [6, 6.07) is 13.7. The van der Waals surface area contributed by atoms with Gasteiger partial charge in [-0.2, -0.15) is 0 Å². The van der Waals surface area contributed by atoms with Crippen molar-refractivity contribution < 1.29 is 9.53 Å². The number of nitrogens with zero attached hydrogens (tertiary/aromatic N) is 1. The third-order valence-corrected chi connectivity index (χ3v) is 5.00. The molecule has 3 rings (SSSR count). The second-order valence-electron chi connectivity index (χ2n) is 5.81. The summed E-state index contributed by atoms with van der Waals surface area (Å²) < 4.78 is 5.36. The fourth-order valence-electron chi connectivity index (χ4n) is 2.46. The third-order valence-electron chi connectivity index (χ3n) is 4.06. The molecule has 1 heterocycles. The number of hydrogen-bond donors (Lipinski definition) is 1. The fraction of sp³-hybridized carbons (Fsp3) is 0.200. The van der Waals surface area contributed by atoms with Crippen LogP contribution in [-0.2, 0) is 17.8 Å². The van der Waals surface area contributed by atoms with Gasteiger partial charge in [0.15, 0.2) is 0 Å². The van der Waals surface area contributed by atoms with E-state index in [0.717, 1.165) is 28.2 Å². The van der Waals surface area contributed by atoms with Crippen molar-refractivity contribution in [2.45, 2.75) is 26.9 Å². The van der Waals surface area contributed by atoms with E-state index in [4.69, 9.17) is 10.5 Å². The number of carbonyl (C=O) groups is 1. The van der Waals surface area contributed by atoms with Gasteiger partial charge in [0.2, 0.25) is 0 Å². The van der Waals surface area contributed by atoms with Gasteiger partial charge in [-0.05, 0) is 30.5 Å². The number of nitrogens with two attached hydrogens (primary N) is 1. The number of thiazole rings is 1. The first-order chi connectivity index (χ1) is 12.1. The number of para-hydroxylation sites is 1. The van der Waals surface area contributed by atoms with Gasteiger partial charge in [0.05, 0.1) is 11.3 Å². The number of ether oxygens (including phenoxy) is 1. The maximum atomic E-state index is 12.2. The quantitative estimate of drug-likeness (QED) is 0.537. The summed E-state index contributed by atoms with van der Waals surface area (Å²) in [7, 11) is 0. The molecule has 0 atom stereocenters. The average molecular weight is 352 g/mol. The molecule has 0 amide bonds. The lowest BCUT2D eigenvalue weighted by molar-refractivity contribution is 0.0469. The summed E-state index contributed by atoms with van der Waals surface area (Å²) in [6.45, 7) is 4.13. The molecule has 25 heavy (non-hydrogen) atoms. The van der Waals surface area contributed by atoms with Crippen molar-refractivity contribution in [1.29, 1.82) is 0 Å². The molecule has 0 aliphatic carbocycles. The Hall–Kier alpha value is -2.66. The topological polar surface area (TPSA) is 65.2 Å². The molecule has 0 fully saturated rings. The van der Waals surface area contributed by atoms with Gasteiger partial charge in [-0.15, -0.1) is 11.3 Å². The molecule has 4 nitrogen and oxygen atoms in total. The molecule has 0 spiro atoms. The molecule has 0 aliphatic heterocycles. The molecule has 0 unspecified atom stereocenters. The Balaban J connectivity index is 1.67. The number of nitrogen functional groups attached to an aromatic ring is 1. The van der Waals surface area contributed by atoms with E-state index in [9.17, 15) is 4.79 Å². The highest BCUT2D eigenvalue weighted by Crippen LogP contribution is 2.25. The van der Waals surface area contributed by atoms with E-state index >= 15 is 0 Å². The summed E-state index contributed by atoms with van der Waals surface area (Å²) in [6.07, 6.45) is 1.02. The van der Waals surface area contributed by atoms with Crippen molar-refractivity contribution >= 4 is 23.0 Å². The first-order valence-corrected chi connectivity index (χ1v) is 9.02. The Morgan fingerprint density at radius 3 is 2.68 bits per heavy atom.